The van der Waals surface area contributed by atoms with Crippen LogP contribution in [0.2, 0.25) is 0 Å². The third-order valence-electron chi connectivity index (χ3n) is 8.46. The molecule has 9 heteroatoms. The first-order valence-corrected chi connectivity index (χ1v) is 14.1. The van der Waals surface area contributed by atoms with E-state index in [1.165, 1.54) is 0 Å². The van der Waals surface area contributed by atoms with Gasteiger partial charge < -0.3 is 4.90 Å². The molecule has 1 N–H and O–H groups in total. The van der Waals surface area contributed by atoms with E-state index in [9.17, 15) is 26.4 Å². The van der Waals surface area contributed by atoms with E-state index in [2.05, 4.69) is 9.62 Å². The van der Waals surface area contributed by atoms with Gasteiger partial charge in [-0.25, -0.2) is 13.1 Å². The maximum Gasteiger partial charge on any atom is 0.416 e. The molecule has 1 saturated carbocycles. The first-order valence-electron chi connectivity index (χ1n) is 12.6. The number of sulfonamides is 1. The Kier molecular flexibility index (Phi) is 6.66. The minimum absolute atomic E-state index is 0.0307. The second-order valence-electron chi connectivity index (χ2n) is 10.4. The van der Waals surface area contributed by atoms with Gasteiger partial charge in [0.05, 0.1) is 10.5 Å². The highest BCUT2D eigenvalue weighted by Gasteiger charge is 2.56. The molecule has 4 atom stereocenters. The maximum atomic E-state index is 13.3. The summed E-state index contributed by atoms with van der Waals surface area (Å²) in [6.07, 6.45) is 1.53. The summed E-state index contributed by atoms with van der Waals surface area (Å²) in [5.41, 5.74) is -0.00516. The van der Waals surface area contributed by atoms with Crippen molar-refractivity contribution in [2.45, 2.75) is 74.0 Å². The third kappa shape index (κ3) is 4.67. The maximum absolute atomic E-state index is 13.3. The minimum atomic E-state index is -4.53. The Morgan fingerprint density at radius 2 is 1.69 bits per heavy atom. The zero-order valence-corrected chi connectivity index (χ0v) is 20.8. The summed E-state index contributed by atoms with van der Waals surface area (Å²) in [5, 5.41) is 0. The van der Waals surface area contributed by atoms with Gasteiger partial charge >= 0.3 is 6.18 Å². The molecule has 1 amide bonds. The first-order chi connectivity index (χ1) is 17.1. The van der Waals surface area contributed by atoms with Crippen LogP contribution in [0.25, 0.3) is 0 Å². The number of halogens is 3. The zero-order chi connectivity index (χ0) is 25.6. The van der Waals surface area contributed by atoms with Crippen LogP contribution in [0.5, 0.6) is 0 Å². The number of nitrogens with zero attached hydrogens (tertiary/aromatic N) is 1. The SMILES string of the molecule is O=C1CCC[C@H]2[C@@H](Cc3ccccc3)[C@@H](NS(=O)(=O)c3ccc(C(F)(F)F)cc3)CC[C@]23CCCN13. The summed E-state index contributed by atoms with van der Waals surface area (Å²) >= 11 is 0. The van der Waals surface area contributed by atoms with E-state index in [1.54, 1.807) is 0 Å². The van der Waals surface area contributed by atoms with Crippen molar-refractivity contribution in [2.75, 3.05) is 6.54 Å². The van der Waals surface area contributed by atoms with Crippen molar-refractivity contribution in [3.8, 4) is 0 Å². The molecule has 1 aliphatic carbocycles. The number of rotatable bonds is 5. The number of nitrogens with one attached hydrogen (secondary N) is 1. The predicted octanol–water partition coefficient (Wildman–Crippen LogP) is 5.17. The summed E-state index contributed by atoms with van der Waals surface area (Å²) < 4.78 is 68.4. The van der Waals surface area contributed by atoms with E-state index < -0.39 is 21.8 Å². The quantitative estimate of drug-likeness (QED) is 0.592. The number of alkyl halides is 3. The molecule has 0 unspecified atom stereocenters. The Hall–Kier alpha value is -2.39. The number of hydrogen-bond acceptors (Lipinski definition) is 3. The molecule has 3 aliphatic rings. The Bertz CT molecular complexity index is 1200. The number of amides is 1. The molecule has 5 rings (SSSR count). The van der Waals surface area contributed by atoms with E-state index in [0.717, 1.165) is 68.5 Å². The molecule has 5 nitrogen and oxygen atoms in total. The monoisotopic (exact) mass is 520 g/mol. The second-order valence-corrected chi connectivity index (χ2v) is 12.1. The van der Waals surface area contributed by atoms with Crippen molar-refractivity contribution in [1.82, 2.24) is 9.62 Å². The molecule has 2 saturated heterocycles. The van der Waals surface area contributed by atoms with E-state index >= 15 is 0 Å². The largest absolute Gasteiger partial charge is 0.416 e. The Balaban J connectivity index is 1.47. The van der Waals surface area contributed by atoms with Gasteiger partial charge in [0.1, 0.15) is 0 Å². The van der Waals surface area contributed by atoms with Crippen LogP contribution in [0.15, 0.2) is 59.5 Å². The predicted molar refractivity (Wildman–Crippen MR) is 129 cm³/mol. The number of hydrogen-bond donors (Lipinski definition) is 1. The lowest BCUT2D eigenvalue weighted by Gasteiger charge is -2.53. The van der Waals surface area contributed by atoms with Gasteiger partial charge in [-0.05, 0) is 86.6 Å². The molecule has 3 fully saturated rings. The van der Waals surface area contributed by atoms with Crippen molar-refractivity contribution in [3.05, 3.63) is 65.7 Å². The van der Waals surface area contributed by atoms with Crippen LogP contribution in [0.4, 0.5) is 13.2 Å². The van der Waals surface area contributed by atoms with Crippen molar-refractivity contribution >= 4 is 15.9 Å². The topological polar surface area (TPSA) is 66.5 Å². The van der Waals surface area contributed by atoms with Crippen LogP contribution in [-0.4, -0.2) is 37.4 Å². The standard InChI is InChI=1S/C27H31F3N2O3S/c28-27(29,30)20-10-12-21(13-11-20)36(34,35)31-24-14-16-26-15-5-17-32(26)25(33)9-4-8-23(26)22(24)18-19-6-2-1-3-7-19/h1-3,6-7,10-13,22-24,31H,4-5,8-9,14-18H2/t22-,23+,24+,26-/m1/s1. The van der Waals surface area contributed by atoms with Crippen molar-refractivity contribution in [3.63, 3.8) is 0 Å². The molecule has 2 aromatic carbocycles. The van der Waals surface area contributed by atoms with Gasteiger partial charge in [0.25, 0.3) is 0 Å². The lowest BCUT2D eigenvalue weighted by atomic mass is 9.61. The van der Waals surface area contributed by atoms with Crippen LogP contribution < -0.4 is 4.72 Å². The van der Waals surface area contributed by atoms with Crippen molar-refractivity contribution in [2.24, 2.45) is 11.8 Å². The smallest absolute Gasteiger partial charge is 0.337 e. The summed E-state index contributed by atoms with van der Waals surface area (Å²) in [5.74, 6) is 0.329. The highest BCUT2D eigenvalue weighted by atomic mass is 32.2. The van der Waals surface area contributed by atoms with Gasteiger partial charge in [-0.3, -0.25) is 4.79 Å². The molecule has 1 spiro atoms. The van der Waals surface area contributed by atoms with Crippen LogP contribution in [0.1, 0.15) is 56.1 Å². The molecular weight excluding hydrogens is 489 g/mol. The van der Waals surface area contributed by atoms with E-state index in [-0.39, 0.29) is 34.2 Å². The lowest BCUT2D eigenvalue weighted by Crippen LogP contribution is -2.60. The Morgan fingerprint density at radius 1 is 0.972 bits per heavy atom. The van der Waals surface area contributed by atoms with Crippen LogP contribution in [0.3, 0.4) is 0 Å². The molecule has 0 aromatic heterocycles. The summed E-state index contributed by atoms with van der Waals surface area (Å²) in [6, 6.07) is 13.2. The van der Waals surface area contributed by atoms with Gasteiger partial charge in [0.2, 0.25) is 15.9 Å². The average molecular weight is 521 g/mol. The zero-order valence-electron chi connectivity index (χ0n) is 20.0. The fourth-order valence-electron chi connectivity index (χ4n) is 6.90. The molecule has 194 valence electrons. The fraction of sp³-hybridized carbons (Fsp3) is 0.519. The molecule has 0 radical (unpaired) electrons. The molecule has 2 aromatic rings. The van der Waals surface area contributed by atoms with Crippen LogP contribution >= 0.6 is 0 Å². The summed E-state index contributed by atoms with van der Waals surface area (Å²) in [6.45, 7) is 0.759. The van der Waals surface area contributed by atoms with Gasteiger partial charge in [0, 0.05) is 24.5 Å². The highest BCUT2D eigenvalue weighted by molar-refractivity contribution is 7.89. The van der Waals surface area contributed by atoms with Gasteiger partial charge in [-0.1, -0.05) is 30.3 Å². The molecule has 0 bridgehead atoms. The normalized spacial score (nSPS) is 28.9. The van der Waals surface area contributed by atoms with Gasteiger partial charge in [-0.15, -0.1) is 0 Å². The highest BCUT2D eigenvalue weighted by Crippen LogP contribution is 2.52. The minimum Gasteiger partial charge on any atom is -0.337 e. The van der Waals surface area contributed by atoms with Gasteiger partial charge in [0.15, 0.2) is 0 Å². The average Bonchev–Trinajstić information content (AvgIpc) is 3.21. The number of carbonyl (C=O) groups excluding carboxylic acids is 1. The van der Waals surface area contributed by atoms with Crippen molar-refractivity contribution < 1.29 is 26.4 Å². The van der Waals surface area contributed by atoms with E-state index in [1.807, 2.05) is 30.3 Å². The lowest BCUT2D eigenvalue weighted by molar-refractivity contribution is -0.138. The Morgan fingerprint density at radius 3 is 2.39 bits per heavy atom. The number of carbonyl (C=O) groups is 1. The summed E-state index contributed by atoms with van der Waals surface area (Å²) in [7, 11) is -4.03. The Labute approximate surface area is 210 Å². The van der Waals surface area contributed by atoms with Crippen molar-refractivity contribution in [1.29, 1.82) is 0 Å². The van der Waals surface area contributed by atoms with Gasteiger partial charge in [-0.2, -0.15) is 13.2 Å². The molecule has 2 heterocycles. The van der Waals surface area contributed by atoms with Crippen LogP contribution in [-0.2, 0) is 27.4 Å². The summed E-state index contributed by atoms with van der Waals surface area (Å²) in [4.78, 5) is 14.9. The molecular formula is C27H31F3N2O3S. The fourth-order valence-corrected chi connectivity index (χ4v) is 8.22. The van der Waals surface area contributed by atoms with E-state index in [4.69, 9.17) is 0 Å². The molecule has 2 aliphatic heterocycles. The third-order valence-corrected chi connectivity index (χ3v) is 9.97. The second kappa shape index (κ2) is 9.49. The molecule has 36 heavy (non-hydrogen) atoms. The van der Waals surface area contributed by atoms with Crippen LogP contribution in [0, 0.1) is 11.8 Å². The number of benzene rings is 2. The first kappa shape index (κ1) is 25.3. The van der Waals surface area contributed by atoms with E-state index in [0.29, 0.717) is 19.3 Å².